The lowest BCUT2D eigenvalue weighted by atomic mass is 10.1. The minimum absolute atomic E-state index is 0.0993. The zero-order chi connectivity index (χ0) is 15.4. The summed E-state index contributed by atoms with van der Waals surface area (Å²) in [7, 11) is 0. The highest BCUT2D eigenvalue weighted by atomic mass is 79.9. The van der Waals surface area contributed by atoms with Gasteiger partial charge in [0.2, 0.25) is 0 Å². The summed E-state index contributed by atoms with van der Waals surface area (Å²) in [5.74, 6) is 0.792. The van der Waals surface area contributed by atoms with Crippen molar-refractivity contribution in [3.05, 3.63) is 62.0 Å². The maximum atomic E-state index is 6.13. The largest absolute Gasteiger partial charge is 0.489 e. The molecule has 2 aromatic rings. The Labute approximate surface area is 143 Å². The lowest BCUT2D eigenvalue weighted by Crippen LogP contribution is -2.18. The normalized spacial score (nSPS) is 12.2. The summed E-state index contributed by atoms with van der Waals surface area (Å²) in [6, 6.07) is 11.4. The summed E-state index contributed by atoms with van der Waals surface area (Å²) in [6.07, 6.45) is 0.791. The van der Waals surface area contributed by atoms with E-state index in [9.17, 15) is 0 Å². The molecular weight excluding hydrogens is 373 g/mol. The topological polar surface area (TPSA) is 35.2 Å². The van der Waals surface area contributed by atoms with E-state index in [1.807, 2.05) is 31.2 Å². The Bertz CT molecular complexity index is 632. The zero-order valence-corrected chi connectivity index (χ0v) is 14.7. The van der Waals surface area contributed by atoms with E-state index in [0.29, 0.717) is 16.7 Å². The standard InChI is InChI=1S/C16H16BrCl2NO/c1-10(20)6-12-7-14(4-5-15(12)17)21-9-11-2-3-13(18)8-16(11)19/h2-5,7-8,10H,6,9,20H2,1H3. The van der Waals surface area contributed by atoms with E-state index in [2.05, 4.69) is 15.9 Å². The van der Waals surface area contributed by atoms with Crippen LogP contribution in [-0.4, -0.2) is 6.04 Å². The molecular formula is C16H16BrCl2NO. The Morgan fingerprint density at radius 1 is 1.14 bits per heavy atom. The molecule has 0 aliphatic heterocycles. The molecule has 5 heteroatoms. The van der Waals surface area contributed by atoms with Crippen LogP contribution in [0.1, 0.15) is 18.1 Å². The van der Waals surface area contributed by atoms with Crippen LogP contribution in [0.25, 0.3) is 0 Å². The number of halogens is 3. The fraction of sp³-hybridized carbons (Fsp3) is 0.250. The zero-order valence-electron chi connectivity index (χ0n) is 11.6. The molecule has 112 valence electrons. The molecule has 0 aliphatic carbocycles. The van der Waals surface area contributed by atoms with Gasteiger partial charge in [-0.05, 0) is 49.2 Å². The van der Waals surface area contributed by atoms with Crippen molar-refractivity contribution in [2.45, 2.75) is 26.0 Å². The first kappa shape index (κ1) is 16.6. The van der Waals surface area contributed by atoms with E-state index in [4.69, 9.17) is 33.7 Å². The summed E-state index contributed by atoms with van der Waals surface area (Å²) in [4.78, 5) is 0. The number of hydrogen-bond acceptors (Lipinski definition) is 2. The first-order valence-corrected chi connectivity index (χ1v) is 8.11. The lowest BCUT2D eigenvalue weighted by molar-refractivity contribution is 0.306. The molecule has 0 saturated heterocycles. The molecule has 2 N–H and O–H groups in total. The van der Waals surface area contributed by atoms with Gasteiger partial charge in [-0.1, -0.05) is 45.2 Å². The van der Waals surface area contributed by atoms with Crippen molar-refractivity contribution in [1.29, 1.82) is 0 Å². The minimum Gasteiger partial charge on any atom is -0.489 e. The summed E-state index contributed by atoms with van der Waals surface area (Å²) in [5.41, 5.74) is 7.88. The van der Waals surface area contributed by atoms with Crippen LogP contribution in [0.2, 0.25) is 10.0 Å². The average molecular weight is 389 g/mol. The highest BCUT2D eigenvalue weighted by molar-refractivity contribution is 9.10. The van der Waals surface area contributed by atoms with E-state index in [1.165, 1.54) is 0 Å². The van der Waals surface area contributed by atoms with Gasteiger partial charge in [-0.15, -0.1) is 0 Å². The van der Waals surface area contributed by atoms with Crippen molar-refractivity contribution in [3.8, 4) is 5.75 Å². The number of nitrogens with two attached hydrogens (primary N) is 1. The Kier molecular flexibility index (Phi) is 5.94. The second kappa shape index (κ2) is 7.50. The fourth-order valence-electron chi connectivity index (χ4n) is 1.94. The third-order valence-corrected chi connectivity index (χ3v) is 4.33. The van der Waals surface area contributed by atoms with Gasteiger partial charge >= 0.3 is 0 Å². The molecule has 21 heavy (non-hydrogen) atoms. The molecule has 0 fully saturated rings. The van der Waals surface area contributed by atoms with E-state index >= 15 is 0 Å². The monoisotopic (exact) mass is 387 g/mol. The Morgan fingerprint density at radius 2 is 1.90 bits per heavy atom. The molecule has 1 unspecified atom stereocenters. The molecule has 2 rings (SSSR count). The number of hydrogen-bond donors (Lipinski definition) is 1. The smallest absolute Gasteiger partial charge is 0.120 e. The first-order chi connectivity index (χ1) is 9.95. The molecule has 0 aromatic heterocycles. The maximum absolute atomic E-state index is 6.13. The fourth-order valence-corrected chi connectivity index (χ4v) is 2.82. The van der Waals surface area contributed by atoms with Crippen LogP contribution >= 0.6 is 39.1 Å². The maximum Gasteiger partial charge on any atom is 0.120 e. The van der Waals surface area contributed by atoms with E-state index in [1.54, 1.807) is 12.1 Å². The van der Waals surface area contributed by atoms with Gasteiger partial charge in [0.15, 0.2) is 0 Å². The third kappa shape index (κ3) is 4.89. The van der Waals surface area contributed by atoms with Gasteiger partial charge in [0.25, 0.3) is 0 Å². The van der Waals surface area contributed by atoms with Gasteiger partial charge in [0.1, 0.15) is 12.4 Å². The van der Waals surface area contributed by atoms with Gasteiger partial charge in [0, 0.05) is 26.1 Å². The number of rotatable bonds is 5. The second-order valence-electron chi connectivity index (χ2n) is 4.96. The van der Waals surface area contributed by atoms with Gasteiger partial charge in [-0.25, -0.2) is 0 Å². The van der Waals surface area contributed by atoms with Crippen LogP contribution in [0.5, 0.6) is 5.75 Å². The van der Waals surface area contributed by atoms with Crippen LogP contribution < -0.4 is 10.5 Å². The average Bonchev–Trinajstić information content (AvgIpc) is 2.40. The molecule has 0 heterocycles. The van der Waals surface area contributed by atoms with E-state index in [-0.39, 0.29) is 6.04 Å². The van der Waals surface area contributed by atoms with Gasteiger partial charge < -0.3 is 10.5 Å². The van der Waals surface area contributed by atoms with Crippen molar-refractivity contribution < 1.29 is 4.74 Å². The van der Waals surface area contributed by atoms with Crippen LogP contribution in [-0.2, 0) is 13.0 Å². The predicted octanol–water partition coefficient (Wildman–Crippen LogP) is 5.22. The van der Waals surface area contributed by atoms with Crippen LogP contribution in [0.15, 0.2) is 40.9 Å². The molecule has 0 radical (unpaired) electrons. The van der Waals surface area contributed by atoms with Crippen molar-refractivity contribution in [3.63, 3.8) is 0 Å². The molecule has 0 spiro atoms. The summed E-state index contributed by atoms with van der Waals surface area (Å²) in [6.45, 7) is 2.38. The van der Waals surface area contributed by atoms with E-state index in [0.717, 1.165) is 27.8 Å². The predicted molar refractivity (Wildman–Crippen MR) is 92.3 cm³/mol. The lowest BCUT2D eigenvalue weighted by Gasteiger charge is -2.12. The van der Waals surface area contributed by atoms with Crippen molar-refractivity contribution in [1.82, 2.24) is 0 Å². The molecule has 0 bridgehead atoms. The summed E-state index contributed by atoms with van der Waals surface area (Å²) >= 11 is 15.5. The highest BCUT2D eigenvalue weighted by Gasteiger charge is 2.07. The number of ether oxygens (including phenoxy) is 1. The van der Waals surface area contributed by atoms with Crippen LogP contribution in [0.3, 0.4) is 0 Å². The first-order valence-electron chi connectivity index (χ1n) is 6.56. The van der Waals surface area contributed by atoms with Crippen LogP contribution in [0, 0.1) is 0 Å². The third-order valence-electron chi connectivity index (χ3n) is 2.97. The van der Waals surface area contributed by atoms with Gasteiger partial charge in [0.05, 0.1) is 0 Å². The Morgan fingerprint density at radius 3 is 2.57 bits per heavy atom. The Balaban J connectivity index is 2.09. The summed E-state index contributed by atoms with van der Waals surface area (Å²) < 4.78 is 6.84. The molecule has 0 amide bonds. The Hall–Kier alpha value is -0.740. The van der Waals surface area contributed by atoms with E-state index < -0.39 is 0 Å². The SMILES string of the molecule is CC(N)Cc1cc(OCc2ccc(Cl)cc2Cl)ccc1Br. The molecule has 2 nitrogen and oxygen atoms in total. The molecule has 0 aliphatic rings. The van der Waals surface area contributed by atoms with Crippen molar-refractivity contribution in [2.24, 2.45) is 5.73 Å². The molecule has 1 atom stereocenters. The van der Waals surface area contributed by atoms with Crippen LogP contribution in [0.4, 0.5) is 0 Å². The quantitative estimate of drug-likeness (QED) is 0.761. The number of benzene rings is 2. The van der Waals surface area contributed by atoms with Gasteiger partial charge in [-0.3, -0.25) is 0 Å². The second-order valence-corrected chi connectivity index (χ2v) is 6.66. The highest BCUT2D eigenvalue weighted by Crippen LogP contribution is 2.26. The summed E-state index contributed by atoms with van der Waals surface area (Å²) in [5, 5.41) is 1.22. The van der Waals surface area contributed by atoms with Crippen molar-refractivity contribution in [2.75, 3.05) is 0 Å². The van der Waals surface area contributed by atoms with Gasteiger partial charge in [-0.2, -0.15) is 0 Å². The molecule has 2 aromatic carbocycles. The minimum atomic E-state index is 0.0993. The molecule has 0 saturated carbocycles. The van der Waals surface area contributed by atoms with Crippen molar-refractivity contribution >= 4 is 39.1 Å².